The van der Waals surface area contributed by atoms with Crippen LogP contribution in [0.25, 0.3) is 10.1 Å². The SMILES string of the molecule is CCCN=C(NN)c1cc2ccccc2s1. The Labute approximate surface area is 99.0 Å². The van der Waals surface area contributed by atoms with Crippen molar-refractivity contribution in [2.45, 2.75) is 13.3 Å². The van der Waals surface area contributed by atoms with E-state index in [1.54, 1.807) is 11.3 Å². The molecule has 0 amide bonds. The minimum atomic E-state index is 0.781. The number of aliphatic imine (C=N–C) groups is 1. The summed E-state index contributed by atoms with van der Waals surface area (Å²) in [6.07, 6.45) is 1.02. The molecule has 0 spiro atoms. The summed E-state index contributed by atoms with van der Waals surface area (Å²) in [7, 11) is 0. The molecule has 0 saturated heterocycles. The Kier molecular flexibility index (Phi) is 3.54. The van der Waals surface area contributed by atoms with E-state index in [0.29, 0.717) is 0 Å². The molecule has 3 nitrogen and oxygen atoms in total. The molecule has 0 radical (unpaired) electrons. The number of amidine groups is 1. The maximum Gasteiger partial charge on any atom is 0.152 e. The third-order valence-corrected chi connectivity index (χ3v) is 3.41. The van der Waals surface area contributed by atoms with E-state index in [2.05, 4.69) is 35.5 Å². The van der Waals surface area contributed by atoms with Gasteiger partial charge in [-0.25, -0.2) is 5.84 Å². The Morgan fingerprint density at radius 1 is 1.44 bits per heavy atom. The summed E-state index contributed by atoms with van der Waals surface area (Å²) < 4.78 is 1.26. The highest BCUT2D eigenvalue weighted by Gasteiger charge is 2.06. The van der Waals surface area contributed by atoms with Gasteiger partial charge in [0.1, 0.15) is 0 Å². The summed E-state index contributed by atoms with van der Waals surface area (Å²) in [6, 6.07) is 10.4. The van der Waals surface area contributed by atoms with Gasteiger partial charge in [0, 0.05) is 11.2 Å². The molecule has 0 saturated carbocycles. The number of thiophene rings is 1. The second-order valence-electron chi connectivity index (χ2n) is 3.52. The van der Waals surface area contributed by atoms with Gasteiger partial charge in [0.15, 0.2) is 5.84 Å². The van der Waals surface area contributed by atoms with Crippen LogP contribution in [0.5, 0.6) is 0 Å². The van der Waals surface area contributed by atoms with Crippen molar-refractivity contribution in [3.63, 3.8) is 0 Å². The van der Waals surface area contributed by atoms with Crippen molar-refractivity contribution in [2.75, 3.05) is 6.54 Å². The average molecular weight is 233 g/mol. The fourth-order valence-electron chi connectivity index (χ4n) is 1.52. The van der Waals surface area contributed by atoms with E-state index in [-0.39, 0.29) is 0 Å². The van der Waals surface area contributed by atoms with Gasteiger partial charge in [0.05, 0.1) is 4.88 Å². The van der Waals surface area contributed by atoms with Crippen molar-refractivity contribution in [1.82, 2.24) is 5.43 Å². The number of hydrazine groups is 1. The molecule has 0 bridgehead atoms. The smallest absolute Gasteiger partial charge is 0.152 e. The molecule has 2 rings (SSSR count). The van der Waals surface area contributed by atoms with Crippen LogP contribution in [0.2, 0.25) is 0 Å². The molecule has 0 unspecified atom stereocenters. The lowest BCUT2D eigenvalue weighted by Gasteiger charge is -2.01. The van der Waals surface area contributed by atoms with E-state index in [1.807, 2.05) is 12.1 Å². The minimum Gasteiger partial charge on any atom is -0.308 e. The standard InChI is InChI=1S/C12H15N3S/c1-2-7-14-12(15-13)11-8-9-5-3-4-6-10(9)16-11/h3-6,8H,2,7,13H2,1H3,(H,14,15). The molecule has 16 heavy (non-hydrogen) atoms. The van der Waals surface area contributed by atoms with E-state index in [0.717, 1.165) is 23.7 Å². The molecule has 0 aliphatic heterocycles. The highest BCUT2D eigenvalue weighted by atomic mass is 32.1. The first-order chi connectivity index (χ1) is 7.85. The van der Waals surface area contributed by atoms with Crippen molar-refractivity contribution in [3.05, 3.63) is 35.2 Å². The van der Waals surface area contributed by atoms with E-state index >= 15 is 0 Å². The number of hydrogen-bond acceptors (Lipinski definition) is 3. The molecule has 1 aromatic heterocycles. The molecule has 0 aliphatic rings. The number of rotatable bonds is 3. The molecule has 2 aromatic rings. The summed E-state index contributed by atoms with van der Waals surface area (Å²) in [5.41, 5.74) is 2.67. The first kappa shape index (κ1) is 11.1. The molecular formula is C12H15N3S. The Morgan fingerprint density at radius 3 is 2.94 bits per heavy atom. The molecule has 3 N–H and O–H groups in total. The minimum absolute atomic E-state index is 0.781. The molecular weight excluding hydrogens is 218 g/mol. The number of hydrogen-bond donors (Lipinski definition) is 2. The molecule has 1 aromatic carbocycles. The van der Waals surface area contributed by atoms with E-state index in [4.69, 9.17) is 5.84 Å². The predicted molar refractivity (Wildman–Crippen MR) is 70.8 cm³/mol. The number of nitrogens with zero attached hydrogens (tertiary/aromatic N) is 1. The lowest BCUT2D eigenvalue weighted by molar-refractivity contribution is 0.909. The monoisotopic (exact) mass is 233 g/mol. The van der Waals surface area contributed by atoms with E-state index in [9.17, 15) is 0 Å². The van der Waals surface area contributed by atoms with Crippen LogP contribution in [0.4, 0.5) is 0 Å². The summed E-state index contributed by atoms with van der Waals surface area (Å²) in [6.45, 7) is 2.90. The van der Waals surface area contributed by atoms with Gasteiger partial charge in [-0.2, -0.15) is 0 Å². The van der Waals surface area contributed by atoms with Gasteiger partial charge in [0.25, 0.3) is 0 Å². The Hall–Kier alpha value is -1.39. The summed E-state index contributed by atoms with van der Waals surface area (Å²) >= 11 is 1.71. The third-order valence-electron chi connectivity index (χ3n) is 2.29. The zero-order valence-corrected chi connectivity index (χ0v) is 10.1. The van der Waals surface area contributed by atoms with Crippen molar-refractivity contribution < 1.29 is 0 Å². The zero-order chi connectivity index (χ0) is 11.4. The molecule has 84 valence electrons. The topological polar surface area (TPSA) is 50.4 Å². The van der Waals surface area contributed by atoms with Crippen LogP contribution in [0.3, 0.4) is 0 Å². The second kappa shape index (κ2) is 5.09. The summed E-state index contributed by atoms with van der Waals surface area (Å²) in [5.74, 6) is 6.27. The van der Waals surface area contributed by atoms with Crippen molar-refractivity contribution >= 4 is 27.3 Å². The fraction of sp³-hybridized carbons (Fsp3) is 0.250. The molecule has 4 heteroatoms. The highest BCUT2D eigenvalue weighted by molar-refractivity contribution is 7.20. The van der Waals surface area contributed by atoms with Crippen LogP contribution in [0.15, 0.2) is 35.3 Å². The van der Waals surface area contributed by atoms with Crippen molar-refractivity contribution in [1.29, 1.82) is 0 Å². The molecule has 0 fully saturated rings. The van der Waals surface area contributed by atoms with Gasteiger partial charge in [0.2, 0.25) is 0 Å². The molecule has 0 aliphatic carbocycles. The number of benzene rings is 1. The Bertz CT molecular complexity index is 469. The number of nitrogens with two attached hydrogens (primary N) is 1. The maximum atomic E-state index is 5.49. The Morgan fingerprint density at radius 2 is 2.25 bits per heavy atom. The highest BCUT2D eigenvalue weighted by Crippen LogP contribution is 2.25. The number of nitrogens with one attached hydrogen (secondary N) is 1. The zero-order valence-electron chi connectivity index (χ0n) is 9.23. The third kappa shape index (κ3) is 2.23. The lowest BCUT2D eigenvalue weighted by Crippen LogP contribution is -2.30. The van der Waals surface area contributed by atoms with Gasteiger partial charge in [-0.1, -0.05) is 25.1 Å². The average Bonchev–Trinajstić information content (AvgIpc) is 2.73. The van der Waals surface area contributed by atoms with Gasteiger partial charge in [-0.15, -0.1) is 11.3 Å². The maximum absolute atomic E-state index is 5.49. The van der Waals surface area contributed by atoms with Crippen LogP contribution in [-0.2, 0) is 0 Å². The lowest BCUT2D eigenvalue weighted by atomic mass is 10.2. The van der Waals surface area contributed by atoms with E-state index < -0.39 is 0 Å². The summed E-state index contributed by atoms with van der Waals surface area (Å²) in [5, 5.41) is 1.24. The van der Waals surface area contributed by atoms with Crippen LogP contribution in [0.1, 0.15) is 18.2 Å². The van der Waals surface area contributed by atoms with Gasteiger partial charge >= 0.3 is 0 Å². The van der Waals surface area contributed by atoms with Gasteiger partial charge in [-0.05, 0) is 23.9 Å². The van der Waals surface area contributed by atoms with E-state index in [1.165, 1.54) is 10.1 Å². The normalized spacial score (nSPS) is 12.0. The van der Waals surface area contributed by atoms with Gasteiger partial charge < -0.3 is 5.43 Å². The second-order valence-corrected chi connectivity index (χ2v) is 4.61. The molecule has 0 atom stereocenters. The number of fused-ring (bicyclic) bond motifs is 1. The predicted octanol–water partition coefficient (Wildman–Crippen LogP) is 2.52. The first-order valence-electron chi connectivity index (χ1n) is 5.35. The van der Waals surface area contributed by atoms with Gasteiger partial charge in [-0.3, -0.25) is 4.99 Å². The quantitative estimate of drug-likeness (QED) is 0.370. The van der Waals surface area contributed by atoms with Crippen molar-refractivity contribution in [2.24, 2.45) is 10.8 Å². The fourth-order valence-corrected chi connectivity index (χ4v) is 2.55. The van der Waals surface area contributed by atoms with Crippen LogP contribution in [-0.4, -0.2) is 12.4 Å². The van der Waals surface area contributed by atoms with Crippen LogP contribution >= 0.6 is 11.3 Å². The largest absolute Gasteiger partial charge is 0.308 e. The van der Waals surface area contributed by atoms with Crippen molar-refractivity contribution in [3.8, 4) is 0 Å². The summed E-state index contributed by atoms with van der Waals surface area (Å²) in [4.78, 5) is 5.51. The van der Waals surface area contributed by atoms with Crippen LogP contribution < -0.4 is 11.3 Å². The van der Waals surface area contributed by atoms with Crippen LogP contribution in [0, 0.1) is 0 Å². The Balaban J connectivity index is 2.38. The first-order valence-corrected chi connectivity index (χ1v) is 6.17. The molecule has 1 heterocycles.